The Balaban J connectivity index is 1.85. The summed E-state index contributed by atoms with van der Waals surface area (Å²) in [6, 6.07) is 15.8. The smallest absolute Gasteiger partial charge is 0.275 e. The van der Waals surface area contributed by atoms with Gasteiger partial charge in [-0.05, 0) is 62.4 Å². The van der Waals surface area contributed by atoms with Gasteiger partial charge < -0.3 is 9.88 Å². The van der Waals surface area contributed by atoms with Crippen molar-refractivity contribution in [1.29, 1.82) is 0 Å². The van der Waals surface area contributed by atoms with Crippen LogP contribution >= 0.6 is 0 Å². The molecule has 5 heteroatoms. The number of anilines is 1. The predicted octanol–water partition coefficient (Wildman–Crippen LogP) is 4.84. The molecule has 0 saturated carbocycles. The minimum atomic E-state index is -1.04. The largest absolute Gasteiger partial charge is 0.354 e. The summed E-state index contributed by atoms with van der Waals surface area (Å²) in [5.74, 6) is 0.236. The van der Waals surface area contributed by atoms with Gasteiger partial charge in [0, 0.05) is 23.1 Å². The first-order valence-electron chi connectivity index (χ1n) is 11.0. The number of fused-ring (bicyclic) bond motifs is 3. The van der Waals surface area contributed by atoms with E-state index in [1.807, 2.05) is 73.9 Å². The third kappa shape index (κ3) is 3.52. The SMILES string of the molecule is Cc1cccc(N2C(=O)c3cc4ccccc4n3CC2(C)C(=O)NCCC(C)C)c1C. The minimum Gasteiger partial charge on any atom is -0.354 e. The summed E-state index contributed by atoms with van der Waals surface area (Å²) in [5, 5.41) is 4.11. The highest BCUT2D eigenvalue weighted by atomic mass is 16.2. The van der Waals surface area contributed by atoms with E-state index in [9.17, 15) is 9.59 Å². The highest BCUT2D eigenvalue weighted by molar-refractivity contribution is 6.14. The lowest BCUT2D eigenvalue weighted by Gasteiger charge is -2.44. The molecule has 0 aliphatic carbocycles. The number of carbonyl (C=O) groups excluding carboxylic acids is 2. The summed E-state index contributed by atoms with van der Waals surface area (Å²) < 4.78 is 2.00. The second-order valence-electron chi connectivity index (χ2n) is 9.25. The van der Waals surface area contributed by atoms with Crippen LogP contribution in [0.3, 0.4) is 0 Å². The quantitative estimate of drug-likeness (QED) is 0.646. The summed E-state index contributed by atoms with van der Waals surface area (Å²) in [6.07, 6.45) is 0.900. The fraction of sp³-hybridized carbons (Fsp3) is 0.385. The number of hydrogen-bond acceptors (Lipinski definition) is 2. The molecule has 1 aromatic heterocycles. The molecule has 0 radical (unpaired) electrons. The molecular formula is C26H31N3O2. The van der Waals surface area contributed by atoms with Crippen molar-refractivity contribution in [3.63, 3.8) is 0 Å². The van der Waals surface area contributed by atoms with E-state index in [-0.39, 0.29) is 11.8 Å². The zero-order valence-electron chi connectivity index (χ0n) is 19.0. The first kappa shape index (κ1) is 21.2. The normalized spacial score (nSPS) is 18.5. The molecule has 2 aromatic carbocycles. The Bertz CT molecular complexity index is 1160. The predicted molar refractivity (Wildman–Crippen MR) is 126 cm³/mol. The molecule has 1 unspecified atom stereocenters. The number of aryl methyl sites for hydroxylation is 1. The Morgan fingerprint density at radius 3 is 2.61 bits per heavy atom. The molecule has 2 heterocycles. The Hall–Kier alpha value is -3.08. The summed E-state index contributed by atoms with van der Waals surface area (Å²) in [4.78, 5) is 29.2. The van der Waals surface area contributed by atoms with Gasteiger partial charge in [-0.1, -0.05) is 44.2 Å². The van der Waals surface area contributed by atoms with Crippen molar-refractivity contribution in [1.82, 2.24) is 9.88 Å². The van der Waals surface area contributed by atoms with Crippen LogP contribution < -0.4 is 10.2 Å². The number of nitrogens with one attached hydrogen (secondary N) is 1. The maximum Gasteiger partial charge on any atom is 0.275 e. The lowest BCUT2D eigenvalue weighted by atomic mass is 9.92. The van der Waals surface area contributed by atoms with Crippen LogP contribution in [0.4, 0.5) is 5.69 Å². The van der Waals surface area contributed by atoms with E-state index in [0.717, 1.165) is 34.1 Å². The van der Waals surface area contributed by atoms with Crippen molar-refractivity contribution in [3.05, 3.63) is 65.4 Å². The molecule has 31 heavy (non-hydrogen) atoms. The lowest BCUT2D eigenvalue weighted by molar-refractivity contribution is -0.126. The van der Waals surface area contributed by atoms with E-state index in [1.54, 1.807) is 4.90 Å². The third-order valence-corrected chi connectivity index (χ3v) is 6.51. The Morgan fingerprint density at radius 1 is 1.13 bits per heavy atom. The van der Waals surface area contributed by atoms with E-state index in [1.165, 1.54) is 0 Å². The van der Waals surface area contributed by atoms with Crippen LogP contribution in [-0.2, 0) is 11.3 Å². The lowest BCUT2D eigenvalue weighted by Crippen LogP contribution is -2.64. The van der Waals surface area contributed by atoms with Gasteiger partial charge in [0.2, 0.25) is 5.91 Å². The molecular weight excluding hydrogens is 386 g/mol. The molecule has 1 N–H and O–H groups in total. The molecule has 0 saturated heterocycles. The van der Waals surface area contributed by atoms with Crippen LogP contribution in [0.1, 0.15) is 48.8 Å². The van der Waals surface area contributed by atoms with Gasteiger partial charge in [0.1, 0.15) is 11.2 Å². The van der Waals surface area contributed by atoms with Gasteiger partial charge in [-0.15, -0.1) is 0 Å². The molecule has 1 atom stereocenters. The van der Waals surface area contributed by atoms with Crippen molar-refractivity contribution >= 4 is 28.4 Å². The van der Waals surface area contributed by atoms with Gasteiger partial charge in [0.15, 0.2) is 0 Å². The first-order valence-corrected chi connectivity index (χ1v) is 11.0. The zero-order valence-corrected chi connectivity index (χ0v) is 19.0. The van der Waals surface area contributed by atoms with Crippen molar-refractivity contribution in [2.75, 3.05) is 11.4 Å². The Morgan fingerprint density at radius 2 is 1.87 bits per heavy atom. The average Bonchev–Trinajstić information content (AvgIpc) is 3.09. The molecule has 1 aliphatic heterocycles. The molecule has 4 rings (SSSR count). The van der Waals surface area contributed by atoms with Gasteiger partial charge in [-0.3, -0.25) is 14.5 Å². The van der Waals surface area contributed by atoms with Crippen molar-refractivity contribution < 1.29 is 9.59 Å². The minimum absolute atomic E-state index is 0.120. The van der Waals surface area contributed by atoms with Crippen LogP contribution in [0.2, 0.25) is 0 Å². The highest BCUT2D eigenvalue weighted by Gasteiger charge is 2.48. The fourth-order valence-electron chi connectivity index (χ4n) is 4.47. The maximum atomic E-state index is 13.9. The van der Waals surface area contributed by atoms with E-state index in [4.69, 9.17) is 0 Å². The summed E-state index contributed by atoms with van der Waals surface area (Å²) in [7, 11) is 0. The first-order chi connectivity index (χ1) is 14.7. The summed E-state index contributed by atoms with van der Waals surface area (Å²) >= 11 is 0. The second-order valence-corrected chi connectivity index (χ2v) is 9.25. The molecule has 0 bridgehead atoms. The van der Waals surface area contributed by atoms with Gasteiger partial charge in [0.05, 0.1) is 6.54 Å². The highest BCUT2D eigenvalue weighted by Crippen LogP contribution is 2.37. The molecule has 1 aliphatic rings. The molecule has 3 aromatic rings. The van der Waals surface area contributed by atoms with Crippen LogP contribution in [0.5, 0.6) is 0 Å². The van der Waals surface area contributed by atoms with Gasteiger partial charge in [-0.2, -0.15) is 0 Å². The van der Waals surface area contributed by atoms with Gasteiger partial charge in [0.25, 0.3) is 5.91 Å². The average molecular weight is 418 g/mol. The number of hydrogen-bond donors (Lipinski definition) is 1. The van der Waals surface area contributed by atoms with Crippen molar-refractivity contribution in [2.24, 2.45) is 5.92 Å². The van der Waals surface area contributed by atoms with Crippen LogP contribution in [0.15, 0.2) is 48.5 Å². The third-order valence-electron chi connectivity index (χ3n) is 6.51. The van der Waals surface area contributed by atoms with Gasteiger partial charge in [-0.25, -0.2) is 0 Å². The molecule has 162 valence electrons. The number of benzene rings is 2. The van der Waals surface area contributed by atoms with Crippen LogP contribution in [-0.4, -0.2) is 28.5 Å². The number of rotatable bonds is 5. The van der Waals surface area contributed by atoms with Crippen LogP contribution in [0.25, 0.3) is 10.9 Å². The number of amides is 2. The maximum absolute atomic E-state index is 13.9. The van der Waals surface area contributed by atoms with Gasteiger partial charge >= 0.3 is 0 Å². The zero-order chi connectivity index (χ0) is 22.3. The number of nitrogens with zero attached hydrogens (tertiary/aromatic N) is 2. The summed E-state index contributed by atoms with van der Waals surface area (Å²) in [5.41, 5.74) is 3.47. The molecule has 5 nitrogen and oxygen atoms in total. The number of para-hydroxylation sites is 1. The Labute approximate surface area is 184 Å². The van der Waals surface area contributed by atoms with E-state index in [0.29, 0.717) is 24.7 Å². The van der Waals surface area contributed by atoms with E-state index >= 15 is 0 Å². The fourth-order valence-corrected chi connectivity index (χ4v) is 4.47. The van der Waals surface area contributed by atoms with Crippen LogP contribution in [0, 0.1) is 19.8 Å². The van der Waals surface area contributed by atoms with Crippen molar-refractivity contribution in [2.45, 2.75) is 53.1 Å². The second kappa shape index (κ2) is 7.88. The molecule has 2 amide bonds. The summed E-state index contributed by atoms with van der Waals surface area (Å²) in [6.45, 7) is 11.2. The molecule has 0 spiro atoms. The van der Waals surface area contributed by atoms with E-state index < -0.39 is 5.54 Å². The number of carbonyl (C=O) groups is 2. The van der Waals surface area contributed by atoms with Crippen molar-refractivity contribution in [3.8, 4) is 0 Å². The van der Waals surface area contributed by atoms with E-state index in [2.05, 4.69) is 19.2 Å². The monoisotopic (exact) mass is 417 g/mol. The standard InChI is InChI=1S/C26H31N3O2/c1-17(2)13-14-27-25(31)26(5)16-28-22-11-7-6-10-20(22)15-23(28)24(30)29(26)21-12-8-9-18(3)19(21)4/h6-12,15,17H,13-14,16H2,1-5H3,(H,27,31). The topological polar surface area (TPSA) is 54.3 Å². The number of aromatic nitrogens is 1. The Kier molecular flexibility index (Phi) is 5.38. The molecule has 0 fully saturated rings.